The third kappa shape index (κ3) is 8.02. The van der Waals surface area contributed by atoms with E-state index in [9.17, 15) is 0 Å². The standard InChI is InChI=1S/C18H15Ge.C18H15P.Au/c2*1-4-10-16(11-5-1)19(17-12-6-2-7-13-17)18-14-8-3-9-15-18;/h2*1-15H;. The van der Waals surface area contributed by atoms with Crippen LogP contribution in [0.2, 0.25) is 0 Å². The first-order valence-corrected chi connectivity index (χ1v) is 17.4. The Bertz CT molecular complexity index is 1170. The molecule has 0 saturated carbocycles. The van der Waals surface area contributed by atoms with Crippen molar-refractivity contribution in [3.63, 3.8) is 0 Å². The van der Waals surface area contributed by atoms with Crippen LogP contribution in [0.1, 0.15) is 0 Å². The van der Waals surface area contributed by atoms with Gasteiger partial charge in [-0.2, -0.15) is 0 Å². The molecule has 6 aromatic rings. The zero-order chi connectivity index (χ0) is 25.8. The van der Waals surface area contributed by atoms with Crippen molar-refractivity contribution in [3.05, 3.63) is 182 Å². The molecular weight excluding hydrogens is 733 g/mol. The minimum Gasteiger partial charge on any atom is -0.0622 e. The molecule has 0 unspecified atom stereocenters. The molecule has 39 heavy (non-hydrogen) atoms. The first-order valence-electron chi connectivity index (χ1n) is 12.9. The summed E-state index contributed by atoms with van der Waals surface area (Å²) in [5.74, 6) is 0. The van der Waals surface area contributed by atoms with E-state index < -0.39 is 22.3 Å². The van der Waals surface area contributed by atoms with Crippen LogP contribution in [0.15, 0.2) is 182 Å². The van der Waals surface area contributed by atoms with Gasteiger partial charge in [0, 0.05) is 22.4 Å². The Balaban J connectivity index is 0.000000176. The van der Waals surface area contributed by atoms with Crippen LogP contribution in [0.25, 0.3) is 0 Å². The fourth-order valence-electron chi connectivity index (χ4n) is 4.49. The Morgan fingerprint density at radius 1 is 0.282 bits per heavy atom. The van der Waals surface area contributed by atoms with E-state index in [1.165, 1.54) is 29.1 Å². The maximum Gasteiger partial charge on any atom is -0.0134 e. The molecule has 0 nitrogen and oxygen atoms in total. The Labute approximate surface area is 254 Å². The second-order valence-electron chi connectivity index (χ2n) is 8.82. The van der Waals surface area contributed by atoms with Gasteiger partial charge >= 0.3 is 119 Å². The van der Waals surface area contributed by atoms with Crippen LogP contribution in [0, 0.1) is 0 Å². The third-order valence-electron chi connectivity index (χ3n) is 6.23. The maximum atomic E-state index is 2.27. The molecule has 0 atom stereocenters. The molecule has 0 aliphatic rings. The fourth-order valence-corrected chi connectivity index (χ4v) is 12.2. The van der Waals surface area contributed by atoms with Gasteiger partial charge in [0.25, 0.3) is 0 Å². The summed E-state index contributed by atoms with van der Waals surface area (Å²) in [7, 11) is -0.446. The Morgan fingerprint density at radius 3 is 0.718 bits per heavy atom. The molecule has 6 rings (SSSR count). The van der Waals surface area contributed by atoms with Crippen molar-refractivity contribution in [2.75, 3.05) is 0 Å². The predicted octanol–water partition coefficient (Wildman–Crippen LogP) is 5.65. The van der Waals surface area contributed by atoms with Gasteiger partial charge in [0.2, 0.25) is 0 Å². The van der Waals surface area contributed by atoms with Gasteiger partial charge in [0.15, 0.2) is 0 Å². The van der Waals surface area contributed by atoms with Crippen LogP contribution in [0.5, 0.6) is 0 Å². The molecule has 0 aliphatic carbocycles. The summed E-state index contributed by atoms with van der Waals surface area (Å²) in [5, 5.41) is 4.19. The van der Waals surface area contributed by atoms with Gasteiger partial charge in [-0.1, -0.05) is 91.0 Å². The molecule has 2 radical (unpaired) electrons. The number of hydrogen-bond acceptors (Lipinski definition) is 0. The van der Waals surface area contributed by atoms with Crippen molar-refractivity contribution in [1.29, 1.82) is 0 Å². The van der Waals surface area contributed by atoms with Crippen LogP contribution < -0.4 is 29.1 Å². The zero-order valence-corrected chi connectivity index (χ0v) is 26.7. The average molecular weight is 763 g/mol. The minimum atomic E-state index is -1.63. The van der Waals surface area contributed by atoms with E-state index in [4.69, 9.17) is 0 Å². The third-order valence-corrected chi connectivity index (χ3v) is 14.4. The van der Waals surface area contributed by atoms with Gasteiger partial charge in [0.05, 0.1) is 0 Å². The SMILES string of the molecule is [Au].c1cc[c]([Ge]([c]2ccccc2)[c]2ccccc2)cc1.c1ccc(P(c2ccccc2)c2ccccc2)cc1. The Kier molecular flexibility index (Phi) is 11.6. The number of rotatable bonds is 6. The monoisotopic (exact) mass is 764 g/mol. The van der Waals surface area contributed by atoms with Crippen LogP contribution in [0.3, 0.4) is 0 Å². The van der Waals surface area contributed by atoms with Crippen LogP contribution in [0.4, 0.5) is 0 Å². The quantitative estimate of drug-likeness (QED) is 0.152. The summed E-state index contributed by atoms with van der Waals surface area (Å²) < 4.78 is 4.50. The smallest absolute Gasteiger partial charge is 0.0134 e. The normalized spacial score (nSPS) is 10.3. The summed E-state index contributed by atoms with van der Waals surface area (Å²) in [5.41, 5.74) is 0. The first-order chi connectivity index (χ1) is 18.9. The van der Waals surface area contributed by atoms with E-state index in [2.05, 4.69) is 182 Å². The topological polar surface area (TPSA) is 0 Å². The molecule has 0 fully saturated rings. The van der Waals surface area contributed by atoms with E-state index in [1.54, 1.807) is 0 Å². The molecule has 6 aromatic carbocycles. The summed E-state index contributed by atoms with van der Waals surface area (Å²) in [6.07, 6.45) is 0. The molecule has 0 bridgehead atoms. The average Bonchev–Trinajstić information content (AvgIpc) is 3.01. The van der Waals surface area contributed by atoms with Crippen LogP contribution in [-0.4, -0.2) is 14.3 Å². The predicted molar refractivity (Wildman–Crippen MR) is 169 cm³/mol. The molecule has 0 aromatic heterocycles. The van der Waals surface area contributed by atoms with Gasteiger partial charge in [-0.15, -0.1) is 0 Å². The van der Waals surface area contributed by atoms with E-state index in [-0.39, 0.29) is 22.4 Å². The molecule has 3 heteroatoms. The summed E-state index contributed by atoms with van der Waals surface area (Å²) >= 11 is -1.63. The molecular formula is C36H30AuGeP. The summed E-state index contributed by atoms with van der Waals surface area (Å²) in [6, 6.07) is 65.1. The molecule has 194 valence electrons. The van der Waals surface area contributed by atoms with Crippen LogP contribution >= 0.6 is 7.92 Å². The largest absolute Gasteiger partial charge is 0.0622 e. The maximum absolute atomic E-state index is 2.27. The van der Waals surface area contributed by atoms with Gasteiger partial charge in [-0.05, 0) is 23.8 Å². The molecule has 0 saturated heterocycles. The van der Waals surface area contributed by atoms with Crippen molar-refractivity contribution < 1.29 is 22.4 Å². The zero-order valence-electron chi connectivity index (χ0n) is 21.6. The molecule has 0 aliphatic heterocycles. The van der Waals surface area contributed by atoms with E-state index >= 15 is 0 Å². The van der Waals surface area contributed by atoms with Crippen molar-refractivity contribution >= 4 is 51.4 Å². The molecule has 0 heterocycles. The van der Waals surface area contributed by atoms with Crippen molar-refractivity contribution in [2.24, 2.45) is 0 Å². The van der Waals surface area contributed by atoms with E-state index in [0.29, 0.717) is 0 Å². The molecule has 0 N–H and O–H groups in total. The number of benzene rings is 6. The van der Waals surface area contributed by atoms with E-state index in [1.807, 2.05) is 0 Å². The minimum absolute atomic E-state index is 0. The second kappa shape index (κ2) is 15.6. The molecule has 0 amide bonds. The van der Waals surface area contributed by atoms with Gasteiger partial charge in [-0.25, -0.2) is 0 Å². The first kappa shape index (κ1) is 29.0. The van der Waals surface area contributed by atoms with Gasteiger partial charge in [-0.3, -0.25) is 0 Å². The van der Waals surface area contributed by atoms with Crippen molar-refractivity contribution in [2.45, 2.75) is 0 Å². The number of hydrogen-bond donors (Lipinski definition) is 0. The Morgan fingerprint density at radius 2 is 0.487 bits per heavy atom. The second-order valence-corrected chi connectivity index (χ2v) is 16.2. The summed E-state index contributed by atoms with van der Waals surface area (Å²) in [4.78, 5) is 0. The summed E-state index contributed by atoms with van der Waals surface area (Å²) in [6.45, 7) is 0. The van der Waals surface area contributed by atoms with E-state index in [0.717, 1.165) is 0 Å². The fraction of sp³-hybridized carbons (Fsp3) is 0. The Hall–Kier alpha value is -2.97. The van der Waals surface area contributed by atoms with Crippen LogP contribution in [-0.2, 0) is 22.4 Å². The van der Waals surface area contributed by atoms with Crippen molar-refractivity contribution in [1.82, 2.24) is 0 Å². The van der Waals surface area contributed by atoms with Gasteiger partial charge < -0.3 is 0 Å². The van der Waals surface area contributed by atoms with Crippen molar-refractivity contribution in [3.8, 4) is 0 Å². The molecule has 0 spiro atoms. The van der Waals surface area contributed by atoms with Gasteiger partial charge in [0.1, 0.15) is 0 Å².